The molecule has 7 heteroatoms. The highest BCUT2D eigenvalue weighted by Crippen LogP contribution is 2.33. The molecule has 0 radical (unpaired) electrons. The first-order valence-corrected chi connectivity index (χ1v) is 11.4. The SMILES string of the molecule is CC[C@@H](C)NS(=O)(=O)c1cc(NC(=O)C(C)C)ccc1N1CCCC[C@H]1C. The van der Waals surface area contributed by atoms with E-state index in [1.165, 1.54) is 0 Å². The molecule has 2 atom stereocenters. The standard InChI is InChI=1S/C20H33N3O3S/c1-6-15(4)22-27(25,26)19-13-17(21-20(24)14(2)3)10-11-18(19)23-12-8-7-9-16(23)5/h10-11,13-16,22H,6-9,12H2,1-5H3,(H,21,24)/t15-,16-/m1/s1. The molecule has 0 unspecified atom stereocenters. The van der Waals surface area contributed by atoms with Gasteiger partial charge in [-0.05, 0) is 57.7 Å². The number of nitrogens with one attached hydrogen (secondary N) is 2. The van der Waals surface area contributed by atoms with Gasteiger partial charge in [0.05, 0.1) is 5.69 Å². The van der Waals surface area contributed by atoms with Crippen LogP contribution in [0.25, 0.3) is 0 Å². The molecule has 1 aliphatic heterocycles. The number of amides is 1. The van der Waals surface area contributed by atoms with Gasteiger partial charge in [0, 0.05) is 30.2 Å². The number of rotatable bonds is 7. The highest BCUT2D eigenvalue weighted by Gasteiger charge is 2.27. The molecule has 2 N–H and O–H groups in total. The lowest BCUT2D eigenvalue weighted by atomic mass is 10.0. The first-order chi connectivity index (χ1) is 12.7. The van der Waals surface area contributed by atoms with Gasteiger partial charge in [0.1, 0.15) is 4.90 Å². The number of carbonyl (C=O) groups is 1. The Labute approximate surface area is 163 Å². The van der Waals surface area contributed by atoms with Crippen LogP contribution in [0.5, 0.6) is 0 Å². The second-order valence-electron chi connectivity index (χ2n) is 7.80. The molecule has 27 heavy (non-hydrogen) atoms. The Bertz CT molecular complexity index is 762. The second-order valence-corrected chi connectivity index (χ2v) is 9.48. The lowest BCUT2D eigenvalue weighted by Crippen LogP contribution is -2.39. The molecule has 0 bridgehead atoms. The highest BCUT2D eigenvalue weighted by molar-refractivity contribution is 7.89. The van der Waals surface area contributed by atoms with E-state index < -0.39 is 10.0 Å². The average Bonchev–Trinajstić information content (AvgIpc) is 2.61. The van der Waals surface area contributed by atoms with Crippen molar-refractivity contribution in [2.75, 3.05) is 16.8 Å². The van der Waals surface area contributed by atoms with Crippen LogP contribution in [0.2, 0.25) is 0 Å². The Morgan fingerprint density at radius 1 is 1.26 bits per heavy atom. The summed E-state index contributed by atoms with van der Waals surface area (Å²) in [5, 5.41) is 2.81. The van der Waals surface area contributed by atoms with Gasteiger partial charge in [-0.25, -0.2) is 13.1 Å². The van der Waals surface area contributed by atoms with Crippen LogP contribution in [0.15, 0.2) is 23.1 Å². The number of anilines is 2. The number of nitrogens with zero attached hydrogens (tertiary/aromatic N) is 1. The molecule has 1 fully saturated rings. The molecule has 0 saturated carbocycles. The molecule has 1 aromatic rings. The molecule has 6 nitrogen and oxygen atoms in total. The third kappa shape index (κ3) is 5.45. The average molecular weight is 396 g/mol. The zero-order valence-electron chi connectivity index (χ0n) is 17.1. The third-order valence-corrected chi connectivity index (χ3v) is 6.74. The lowest BCUT2D eigenvalue weighted by Gasteiger charge is -2.36. The van der Waals surface area contributed by atoms with E-state index in [1.807, 2.05) is 19.9 Å². The van der Waals surface area contributed by atoms with Crippen molar-refractivity contribution in [3.05, 3.63) is 18.2 Å². The van der Waals surface area contributed by atoms with Crippen molar-refractivity contribution in [3.8, 4) is 0 Å². The summed E-state index contributed by atoms with van der Waals surface area (Å²) in [6, 6.07) is 5.33. The van der Waals surface area contributed by atoms with Crippen LogP contribution >= 0.6 is 0 Å². The number of hydrogen-bond donors (Lipinski definition) is 2. The van der Waals surface area contributed by atoms with Crippen molar-refractivity contribution < 1.29 is 13.2 Å². The van der Waals surface area contributed by atoms with Crippen molar-refractivity contribution >= 4 is 27.3 Å². The highest BCUT2D eigenvalue weighted by atomic mass is 32.2. The van der Waals surface area contributed by atoms with Crippen LogP contribution < -0.4 is 14.9 Å². The predicted molar refractivity (Wildman–Crippen MR) is 111 cm³/mol. The summed E-state index contributed by atoms with van der Waals surface area (Å²) >= 11 is 0. The minimum atomic E-state index is -3.70. The van der Waals surface area contributed by atoms with E-state index in [2.05, 4.69) is 21.9 Å². The summed E-state index contributed by atoms with van der Waals surface area (Å²) in [6.45, 7) is 10.4. The van der Waals surface area contributed by atoms with E-state index in [4.69, 9.17) is 0 Å². The second kappa shape index (κ2) is 9.06. The minimum absolute atomic E-state index is 0.132. The Hall–Kier alpha value is -1.60. The molecule has 1 aliphatic rings. The molecule has 0 spiro atoms. The van der Waals surface area contributed by atoms with Gasteiger partial charge in [-0.2, -0.15) is 0 Å². The zero-order valence-corrected chi connectivity index (χ0v) is 17.9. The number of benzene rings is 1. The van der Waals surface area contributed by atoms with E-state index in [9.17, 15) is 13.2 Å². The van der Waals surface area contributed by atoms with Crippen molar-refractivity contribution in [1.82, 2.24) is 4.72 Å². The van der Waals surface area contributed by atoms with Gasteiger partial charge in [0.25, 0.3) is 0 Å². The van der Waals surface area contributed by atoms with Gasteiger partial charge in [-0.15, -0.1) is 0 Å². The maximum absolute atomic E-state index is 13.1. The van der Waals surface area contributed by atoms with E-state index in [-0.39, 0.29) is 28.8 Å². The van der Waals surface area contributed by atoms with E-state index >= 15 is 0 Å². The largest absolute Gasteiger partial charge is 0.368 e. The van der Waals surface area contributed by atoms with Gasteiger partial charge >= 0.3 is 0 Å². The Kier molecular flexibility index (Phi) is 7.28. The summed E-state index contributed by atoms with van der Waals surface area (Å²) in [5.41, 5.74) is 1.21. The Morgan fingerprint density at radius 2 is 1.96 bits per heavy atom. The fourth-order valence-electron chi connectivity index (χ4n) is 3.20. The van der Waals surface area contributed by atoms with Gasteiger partial charge in [-0.3, -0.25) is 4.79 Å². The first-order valence-electron chi connectivity index (χ1n) is 9.89. The molecule has 1 aromatic carbocycles. The molecule has 1 amide bonds. The number of sulfonamides is 1. The summed E-state index contributed by atoms with van der Waals surface area (Å²) in [4.78, 5) is 14.5. The maximum atomic E-state index is 13.1. The normalized spacial score (nSPS) is 19.2. The van der Waals surface area contributed by atoms with Crippen LogP contribution in [0.3, 0.4) is 0 Å². The molecule has 0 aliphatic carbocycles. The Morgan fingerprint density at radius 3 is 2.56 bits per heavy atom. The van der Waals surface area contributed by atoms with Crippen LogP contribution in [0.4, 0.5) is 11.4 Å². The van der Waals surface area contributed by atoms with E-state index in [0.717, 1.165) is 25.8 Å². The molecule has 0 aromatic heterocycles. The zero-order chi connectivity index (χ0) is 20.2. The molecular weight excluding hydrogens is 362 g/mol. The molecular formula is C20H33N3O3S. The van der Waals surface area contributed by atoms with E-state index in [0.29, 0.717) is 17.8 Å². The molecule has 1 heterocycles. The minimum Gasteiger partial charge on any atom is -0.368 e. The molecule has 152 valence electrons. The number of piperidine rings is 1. The smallest absolute Gasteiger partial charge is 0.242 e. The van der Waals surface area contributed by atoms with Gasteiger partial charge in [-0.1, -0.05) is 20.8 Å². The quantitative estimate of drug-likeness (QED) is 0.737. The fourth-order valence-corrected chi connectivity index (χ4v) is 4.76. The van der Waals surface area contributed by atoms with E-state index in [1.54, 1.807) is 26.0 Å². The maximum Gasteiger partial charge on any atom is 0.242 e. The lowest BCUT2D eigenvalue weighted by molar-refractivity contribution is -0.118. The van der Waals surface area contributed by atoms with Crippen molar-refractivity contribution in [2.45, 2.75) is 77.3 Å². The van der Waals surface area contributed by atoms with Gasteiger partial charge in [0.15, 0.2) is 0 Å². The number of hydrogen-bond acceptors (Lipinski definition) is 4. The summed E-state index contributed by atoms with van der Waals surface area (Å²) in [6.07, 6.45) is 3.96. The van der Waals surface area contributed by atoms with Crippen LogP contribution in [0.1, 0.15) is 60.3 Å². The molecule has 2 rings (SSSR count). The van der Waals surface area contributed by atoms with Gasteiger partial charge in [0.2, 0.25) is 15.9 Å². The number of carbonyl (C=O) groups excluding carboxylic acids is 1. The van der Waals surface area contributed by atoms with Crippen molar-refractivity contribution in [1.29, 1.82) is 0 Å². The topological polar surface area (TPSA) is 78.5 Å². The molecule has 1 saturated heterocycles. The third-order valence-electron chi connectivity index (χ3n) is 5.12. The summed E-state index contributed by atoms with van der Waals surface area (Å²) in [7, 11) is -3.70. The monoisotopic (exact) mass is 395 g/mol. The van der Waals surface area contributed by atoms with Gasteiger partial charge < -0.3 is 10.2 Å². The van der Waals surface area contributed by atoms with Crippen LogP contribution in [-0.4, -0.2) is 33.0 Å². The fraction of sp³-hybridized carbons (Fsp3) is 0.650. The summed E-state index contributed by atoms with van der Waals surface area (Å²) in [5.74, 6) is -0.308. The van der Waals surface area contributed by atoms with Crippen molar-refractivity contribution in [2.24, 2.45) is 5.92 Å². The predicted octanol–water partition coefficient (Wildman–Crippen LogP) is 3.74. The van der Waals surface area contributed by atoms with Crippen LogP contribution in [-0.2, 0) is 14.8 Å². The first kappa shape index (κ1) is 21.7. The Balaban J connectivity index is 2.47. The van der Waals surface area contributed by atoms with Crippen molar-refractivity contribution in [3.63, 3.8) is 0 Å². The summed E-state index contributed by atoms with van der Waals surface area (Å²) < 4.78 is 28.9. The van der Waals surface area contributed by atoms with Crippen LogP contribution in [0, 0.1) is 5.92 Å².